The minimum atomic E-state index is -0.464. The van der Waals surface area contributed by atoms with E-state index in [0.29, 0.717) is 10.6 Å². The summed E-state index contributed by atoms with van der Waals surface area (Å²) in [6, 6.07) is 5.91. The highest BCUT2D eigenvalue weighted by Gasteiger charge is 2.20. The van der Waals surface area contributed by atoms with Crippen molar-refractivity contribution in [3.8, 4) is 0 Å². The summed E-state index contributed by atoms with van der Waals surface area (Å²) in [6.07, 6.45) is 0. The normalized spacial score (nSPS) is 12.7. The van der Waals surface area contributed by atoms with Crippen LogP contribution >= 0.6 is 11.6 Å². The van der Waals surface area contributed by atoms with Crippen LogP contribution in [0.3, 0.4) is 0 Å². The number of hydrogen-bond donors (Lipinski definition) is 2. The Hall–Kier alpha value is -1.43. The number of rotatable bonds is 3. The lowest BCUT2D eigenvalue weighted by atomic mass is 10.0. The Kier molecular flexibility index (Phi) is 3.65. The van der Waals surface area contributed by atoms with Gasteiger partial charge in [0.2, 0.25) is 0 Å². The third kappa shape index (κ3) is 2.38. The Morgan fingerprint density at radius 2 is 2.17 bits per heavy atom. The van der Waals surface area contributed by atoms with Crippen LogP contribution in [0.5, 0.6) is 0 Å². The van der Waals surface area contributed by atoms with E-state index < -0.39 is 11.9 Å². The zero-order chi connectivity index (χ0) is 13.3. The summed E-state index contributed by atoms with van der Waals surface area (Å²) in [6.45, 7) is 1.87. The fourth-order valence-corrected chi connectivity index (χ4v) is 2.13. The zero-order valence-corrected chi connectivity index (χ0v) is 10.9. The average Bonchev–Trinajstić information content (AvgIpc) is 2.62. The number of halogens is 2. The third-order valence-electron chi connectivity index (χ3n) is 2.77. The molecular weight excluding hydrogens is 255 g/mol. The second-order valence-corrected chi connectivity index (χ2v) is 4.54. The SMILES string of the molecule is Cc1cc(C(NN)c2ccc(Cl)cc2F)n(C)n1. The molecule has 2 aromatic rings. The first kappa shape index (κ1) is 13.0. The second-order valence-electron chi connectivity index (χ2n) is 4.10. The maximum Gasteiger partial charge on any atom is 0.129 e. The molecule has 1 heterocycles. The fraction of sp³-hybridized carbons (Fsp3) is 0.250. The Labute approximate surface area is 110 Å². The van der Waals surface area contributed by atoms with E-state index in [1.165, 1.54) is 6.07 Å². The van der Waals surface area contributed by atoms with Crippen molar-refractivity contribution in [1.82, 2.24) is 15.2 Å². The molecule has 0 saturated heterocycles. The number of nitrogens with one attached hydrogen (secondary N) is 1. The predicted octanol–water partition coefficient (Wildman–Crippen LogP) is 2.07. The van der Waals surface area contributed by atoms with Gasteiger partial charge < -0.3 is 0 Å². The van der Waals surface area contributed by atoms with Gasteiger partial charge in [0.25, 0.3) is 0 Å². The molecule has 0 bridgehead atoms. The smallest absolute Gasteiger partial charge is 0.129 e. The first-order valence-electron chi connectivity index (χ1n) is 5.44. The lowest BCUT2D eigenvalue weighted by Crippen LogP contribution is -2.31. The molecule has 0 saturated carbocycles. The molecule has 0 radical (unpaired) electrons. The number of benzene rings is 1. The maximum atomic E-state index is 13.9. The number of hydrazine groups is 1. The lowest BCUT2D eigenvalue weighted by Gasteiger charge is -2.17. The van der Waals surface area contributed by atoms with E-state index in [9.17, 15) is 4.39 Å². The van der Waals surface area contributed by atoms with E-state index in [0.717, 1.165) is 11.4 Å². The molecule has 2 rings (SSSR count). The summed E-state index contributed by atoms with van der Waals surface area (Å²) in [5, 5.41) is 4.58. The molecule has 96 valence electrons. The quantitative estimate of drug-likeness (QED) is 0.662. The first-order chi connectivity index (χ1) is 8.52. The Morgan fingerprint density at radius 3 is 2.67 bits per heavy atom. The van der Waals surface area contributed by atoms with Gasteiger partial charge in [-0.15, -0.1) is 0 Å². The maximum absolute atomic E-state index is 13.9. The van der Waals surface area contributed by atoms with E-state index in [4.69, 9.17) is 17.4 Å². The van der Waals surface area contributed by atoms with Crippen LogP contribution < -0.4 is 11.3 Å². The molecule has 4 nitrogen and oxygen atoms in total. The van der Waals surface area contributed by atoms with Crippen LogP contribution in [0.2, 0.25) is 5.02 Å². The highest BCUT2D eigenvalue weighted by atomic mass is 35.5. The standard InChI is InChI=1S/C12H14ClFN4/c1-7-5-11(18(2)17-7)12(16-15)9-4-3-8(13)6-10(9)14/h3-6,12,16H,15H2,1-2H3. The van der Waals surface area contributed by atoms with Crippen molar-refractivity contribution in [3.05, 3.63) is 52.1 Å². The Balaban J connectivity index is 2.48. The average molecular weight is 269 g/mol. The van der Waals surface area contributed by atoms with E-state index in [-0.39, 0.29) is 0 Å². The summed E-state index contributed by atoms with van der Waals surface area (Å²) in [5.41, 5.74) is 4.68. The van der Waals surface area contributed by atoms with Gasteiger partial charge in [-0.25, -0.2) is 9.82 Å². The molecule has 0 aliphatic carbocycles. The minimum absolute atomic E-state index is 0.355. The first-order valence-corrected chi connectivity index (χ1v) is 5.82. The largest absolute Gasteiger partial charge is 0.271 e. The molecule has 1 aromatic heterocycles. The molecule has 1 atom stereocenters. The van der Waals surface area contributed by atoms with E-state index in [2.05, 4.69) is 10.5 Å². The van der Waals surface area contributed by atoms with Gasteiger partial charge in [0, 0.05) is 17.6 Å². The van der Waals surface area contributed by atoms with Crippen molar-refractivity contribution in [2.45, 2.75) is 13.0 Å². The molecule has 0 amide bonds. The molecule has 3 N–H and O–H groups in total. The summed E-state index contributed by atoms with van der Waals surface area (Å²) in [4.78, 5) is 0. The second kappa shape index (κ2) is 5.06. The Morgan fingerprint density at radius 1 is 1.44 bits per heavy atom. The summed E-state index contributed by atoms with van der Waals surface area (Å²) in [7, 11) is 1.79. The zero-order valence-electron chi connectivity index (χ0n) is 10.1. The van der Waals surface area contributed by atoms with E-state index in [1.54, 1.807) is 23.9 Å². The van der Waals surface area contributed by atoms with Gasteiger partial charge in [-0.05, 0) is 25.1 Å². The number of nitrogens with zero attached hydrogens (tertiary/aromatic N) is 2. The van der Waals surface area contributed by atoms with Gasteiger partial charge in [0.1, 0.15) is 5.82 Å². The molecule has 1 aromatic carbocycles. The van der Waals surface area contributed by atoms with Gasteiger partial charge in [0.05, 0.1) is 17.4 Å². The molecule has 18 heavy (non-hydrogen) atoms. The Bertz CT molecular complexity index is 567. The van der Waals surface area contributed by atoms with Crippen LogP contribution in [0.25, 0.3) is 0 Å². The van der Waals surface area contributed by atoms with E-state index >= 15 is 0 Å². The predicted molar refractivity (Wildman–Crippen MR) is 68.5 cm³/mol. The topological polar surface area (TPSA) is 55.9 Å². The summed E-state index contributed by atoms with van der Waals surface area (Å²) in [5.74, 6) is 5.13. The van der Waals surface area contributed by atoms with Crippen LogP contribution in [0.4, 0.5) is 4.39 Å². The van der Waals surface area contributed by atoms with Crippen molar-refractivity contribution in [2.75, 3.05) is 0 Å². The molecule has 1 unspecified atom stereocenters. The van der Waals surface area contributed by atoms with Crippen molar-refractivity contribution >= 4 is 11.6 Å². The number of aromatic nitrogens is 2. The fourth-order valence-electron chi connectivity index (χ4n) is 1.97. The van der Waals surface area contributed by atoms with Gasteiger partial charge >= 0.3 is 0 Å². The monoisotopic (exact) mass is 268 g/mol. The van der Waals surface area contributed by atoms with Crippen molar-refractivity contribution in [3.63, 3.8) is 0 Å². The number of nitrogens with two attached hydrogens (primary N) is 1. The molecular formula is C12H14ClFN4. The number of hydrogen-bond acceptors (Lipinski definition) is 3. The van der Waals surface area contributed by atoms with Crippen molar-refractivity contribution in [1.29, 1.82) is 0 Å². The van der Waals surface area contributed by atoms with Crippen molar-refractivity contribution < 1.29 is 4.39 Å². The summed E-state index contributed by atoms with van der Waals surface area (Å²) < 4.78 is 15.6. The van der Waals surface area contributed by atoms with Crippen LogP contribution in [0.1, 0.15) is 23.0 Å². The number of aryl methyl sites for hydroxylation is 2. The van der Waals surface area contributed by atoms with Crippen LogP contribution in [-0.2, 0) is 7.05 Å². The highest BCUT2D eigenvalue weighted by Crippen LogP contribution is 2.25. The van der Waals surface area contributed by atoms with Gasteiger partial charge in [-0.3, -0.25) is 10.5 Å². The molecule has 0 aliphatic heterocycles. The van der Waals surface area contributed by atoms with Crippen molar-refractivity contribution in [2.24, 2.45) is 12.9 Å². The van der Waals surface area contributed by atoms with Gasteiger partial charge in [0.15, 0.2) is 0 Å². The third-order valence-corrected chi connectivity index (χ3v) is 3.01. The molecule has 0 spiro atoms. The molecule has 0 aliphatic rings. The van der Waals surface area contributed by atoms with E-state index in [1.807, 2.05) is 13.0 Å². The summed E-state index contributed by atoms with van der Waals surface area (Å²) >= 11 is 5.74. The van der Waals surface area contributed by atoms with Crippen LogP contribution in [0, 0.1) is 12.7 Å². The van der Waals surface area contributed by atoms with Crippen LogP contribution in [0.15, 0.2) is 24.3 Å². The molecule has 6 heteroatoms. The molecule has 0 fully saturated rings. The highest BCUT2D eigenvalue weighted by molar-refractivity contribution is 6.30. The minimum Gasteiger partial charge on any atom is -0.271 e. The van der Waals surface area contributed by atoms with Crippen LogP contribution in [-0.4, -0.2) is 9.78 Å². The van der Waals surface area contributed by atoms with Gasteiger partial charge in [-0.1, -0.05) is 17.7 Å². The lowest BCUT2D eigenvalue weighted by molar-refractivity contribution is 0.532. The van der Waals surface area contributed by atoms with Gasteiger partial charge in [-0.2, -0.15) is 5.10 Å².